The zero-order chi connectivity index (χ0) is 14.7. The van der Waals surface area contributed by atoms with Gasteiger partial charge in [0, 0.05) is 12.5 Å². The van der Waals surface area contributed by atoms with Crippen LogP contribution in [0.3, 0.4) is 0 Å². The fraction of sp³-hybridized carbons (Fsp3) is 0.333. The van der Waals surface area contributed by atoms with Gasteiger partial charge >= 0.3 is 0 Å². The SMILES string of the molecule is CC(=O)CC1C([N+](=O)[O-])=CC([N+](=O)[O-])=C[C-]1[N+](=O)[O-]. The summed E-state index contributed by atoms with van der Waals surface area (Å²) >= 11 is 0. The maximum Gasteiger partial charge on any atom is 0.232 e. The van der Waals surface area contributed by atoms with Crippen molar-refractivity contribution in [1.82, 2.24) is 0 Å². The van der Waals surface area contributed by atoms with Crippen molar-refractivity contribution in [2.24, 2.45) is 5.92 Å². The van der Waals surface area contributed by atoms with E-state index in [9.17, 15) is 35.1 Å². The highest BCUT2D eigenvalue weighted by Crippen LogP contribution is 2.34. The second-order valence-corrected chi connectivity index (χ2v) is 3.79. The van der Waals surface area contributed by atoms with E-state index < -0.39 is 50.3 Å². The van der Waals surface area contributed by atoms with Crippen molar-refractivity contribution in [3.63, 3.8) is 0 Å². The van der Waals surface area contributed by atoms with Gasteiger partial charge in [0.2, 0.25) is 5.70 Å². The molecule has 1 aliphatic carbocycles. The van der Waals surface area contributed by atoms with Gasteiger partial charge in [-0.05, 0) is 16.8 Å². The van der Waals surface area contributed by atoms with E-state index in [0.717, 1.165) is 6.92 Å². The zero-order valence-electron chi connectivity index (χ0n) is 9.64. The standard InChI is InChI=1S/C9H8N3O7/c1-5(13)2-7-8(11(16)17)3-6(10(14)15)4-9(7)12(18)19/h3-4,7H,2H2,1H3/q-1. The summed E-state index contributed by atoms with van der Waals surface area (Å²) in [4.78, 5) is 40.4. The normalized spacial score (nSPS) is 18.4. The van der Waals surface area contributed by atoms with Gasteiger partial charge in [-0.15, -0.1) is 0 Å². The molecule has 0 bridgehead atoms. The molecule has 0 saturated carbocycles. The van der Waals surface area contributed by atoms with Crippen molar-refractivity contribution < 1.29 is 19.6 Å². The monoisotopic (exact) mass is 270 g/mol. The van der Waals surface area contributed by atoms with E-state index in [-0.39, 0.29) is 0 Å². The van der Waals surface area contributed by atoms with Crippen LogP contribution in [0.5, 0.6) is 0 Å². The van der Waals surface area contributed by atoms with Gasteiger partial charge in [-0.1, -0.05) is 6.08 Å². The number of carbonyl (C=O) groups excluding carboxylic acids is 1. The van der Waals surface area contributed by atoms with Gasteiger partial charge in [-0.3, -0.25) is 30.3 Å². The molecule has 0 aromatic heterocycles. The predicted molar refractivity (Wildman–Crippen MR) is 59.2 cm³/mol. The summed E-state index contributed by atoms with van der Waals surface area (Å²) in [5, 5.41) is 32.2. The number of hydrogen-bond donors (Lipinski definition) is 0. The summed E-state index contributed by atoms with van der Waals surface area (Å²) in [7, 11) is 0. The number of hydrogen-bond acceptors (Lipinski definition) is 7. The zero-order valence-corrected chi connectivity index (χ0v) is 9.64. The molecule has 0 aromatic carbocycles. The van der Waals surface area contributed by atoms with E-state index in [1.807, 2.05) is 0 Å². The molecule has 0 aromatic rings. The largest absolute Gasteiger partial charge is 0.300 e. The lowest BCUT2D eigenvalue weighted by atomic mass is 9.87. The number of Topliss-reactive ketones (excluding diaryl/α,β-unsaturated/α-hetero) is 1. The molecule has 0 spiro atoms. The van der Waals surface area contributed by atoms with Gasteiger partial charge < -0.3 is 4.79 Å². The highest BCUT2D eigenvalue weighted by atomic mass is 16.6. The summed E-state index contributed by atoms with van der Waals surface area (Å²) in [6, 6.07) is -0.726. The van der Waals surface area contributed by atoms with Crippen LogP contribution in [-0.2, 0) is 4.79 Å². The molecular weight excluding hydrogens is 262 g/mol. The molecule has 10 nitrogen and oxygen atoms in total. The Hall–Kier alpha value is -2.78. The molecule has 0 aliphatic heterocycles. The molecule has 0 fully saturated rings. The Labute approximate surface area is 105 Å². The quantitative estimate of drug-likeness (QED) is 0.406. The summed E-state index contributed by atoms with van der Waals surface area (Å²) in [5.74, 6) is -1.87. The van der Waals surface area contributed by atoms with E-state index >= 15 is 0 Å². The molecule has 10 heteroatoms. The van der Waals surface area contributed by atoms with Crippen molar-refractivity contribution in [2.45, 2.75) is 13.3 Å². The van der Waals surface area contributed by atoms with Crippen molar-refractivity contribution in [1.29, 1.82) is 0 Å². The summed E-state index contributed by atoms with van der Waals surface area (Å²) in [6.45, 7) is 1.13. The fourth-order valence-corrected chi connectivity index (χ4v) is 1.66. The third-order valence-electron chi connectivity index (χ3n) is 2.43. The van der Waals surface area contributed by atoms with Gasteiger partial charge in [0.15, 0.2) is 0 Å². The van der Waals surface area contributed by atoms with Gasteiger partial charge in [-0.2, -0.15) is 0 Å². The number of carbonyl (C=O) groups is 1. The van der Waals surface area contributed by atoms with Gasteiger partial charge in [-0.25, -0.2) is 0 Å². The molecular formula is C9H8N3O7-. The first-order valence-electron chi connectivity index (χ1n) is 4.96. The molecule has 1 atom stereocenters. The first kappa shape index (κ1) is 14.3. The van der Waals surface area contributed by atoms with Gasteiger partial charge in [0.05, 0.1) is 10.8 Å². The van der Waals surface area contributed by atoms with Crippen molar-refractivity contribution in [2.75, 3.05) is 0 Å². The highest BCUT2D eigenvalue weighted by molar-refractivity contribution is 5.76. The molecule has 1 aliphatic rings. The van der Waals surface area contributed by atoms with Crippen LogP contribution in [-0.4, -0.2) is 20.6 Å². The van der Waals surface area contributed by atoms with Crippen LogP contribution in [0.1, 0.15) is 13.3 Å². The lowest BCUT2D eigenvalue weighted by molar-refractivity contribution is -0.488. The van der Waals surface area contributed by atoms with Crippen molar-refractivity contribution >= 4 is 5.78 Å². The Bertz CT molecular complexity index is 522. The maximum absolute atomic E-state index is 11.0. The Balaban J connectivity index is 3.30. The van der Waals surface area contributed by atoms with E-state index in [1.165, 1.54) is 0 Å². The predicted octanol–water partition coefficient (Wildman–Crippen LogP) is 0.725. The second kappa shape index (κ2) is 5.25. The Morgan fingerprint density at radius 3 is 2.21 bits per heavy atom. The molecule has 0 N–H and O–H groups in total. The van der Waals surface area contributed by atoms with E-state index in [1.54, 1.807) is 0 Å². The minimum atomic E-state index is -1.38. The number of rotatable bonds is 5. The van der Waals surface area contributed by atoms with Crippen LogP contribution in [0.25, 0.3) is 0 Å². The summed E-state index contributed by atoms with van der Waals surface area (Å²) in [5.41, 5.74) is -1.48. The fourth-order valence-electron chi connectivity index (χ4n) is 1.66. The van der Waals surface area contributed by atoms with Crippen molar-refractivity contribution in [3.8, 4) is 0 Å². The summed E-state index contributed by atoms with van der Waals surface area (Å²) < 4.78 is 0. The minimum Gasteiger partial charge on any atom is -0.300 e. The maximum atomic E-state index is 11.0. The van der Waals surface area contributed by atoms with E-state index in [2.05, 4.69) is 0 Å². The minimum absolute atomic E-state index is 0.454. The van der Waals surface area contributed by atoms with Crippen LogP contribution >= 0.6 is 0 Å². The lowest BCUT2D eigenvalue weighted by Gasteiger charge is -2.24. The van der Waals surface area contributed by atoms with Crippen LogP contribution < -0.4 is 0 Å². The number of nitrogens with zero attached hydrogens (tertiary/aromatic N) is 3. The molecule has 0 amide bonds. The first-order valence-corrected chi connectivity index (χ1v) is 4.96. The number of ketones is 1. The third kappa shape index (κ3) is 3.12. The molecule has 102 valence electrons. The van der Waals surface area contributed by atoms with E-state index in [4.69, 9.17) is 0 Å². The second-order valence-electron chi connectivity index (χ2n) is 3.79. The Morgan fingerprint density at radius 1 is 1.26 bits per heavy atom. The van der Waals surface area contributed by atoms with Crippen molar-refractivity contribution in [3.05, 3.63) is 59.9 Å². The number of allylic oxidation sites excluding steroid dienone is 1. The topological polar surface area (TPSA) is 146 Å². The molecule has 0 saturated heterocycles. The lowest BCUT2D eigenvalue weighted by Crippen LogP contribution is -2.29. The summed E-state index contributed by atoms with van der Waals surface area (Å²) in [6.07, 6.45) is 0.825. The highest BCUT2D eigenvalue weighted by Gasteiger charge is 2.38. The van der Waals surface area contributed by atoms with Crippen LogP contribution in [0.15, 0.2) is 23.5 Å². The average Bonchev–Trinajstić information content (AvgIpc) is 2.27. The Kier molecular flexibility index (Phi) is 3.94. The van der Waals surface area contributed by atoms with Gasteiger partial charge in [0.1, 0.15) is 17.5 Å². The van der Waals surface area contributed by atoms with Gasteiger partial charge in [0.25, 0.3) is 0 Å². The van der Waals surface area contributed by atoms with Crippen LogP contribution in [0.2, 0.25) is 0 Å². The van der Waals surface area contributed by atoms with Crippen LogP contribution in [0.4, 0.5) is 0 Å². The Morgan fingerprint density at radius 2 is 1.84 bits per heavy atom. The van der Waals surface area contributed by atoms with E-state index in [0.29, 0.717) is 12.2 Å². The molecule has 19 heavy (non-hydrogen) atoms. The average molecular weight is 270 g/mol. The molecule has 0 radical (unpaired) electrons. The molecule has 0 heterocycles. The third-order valence-corrected chi connectivity index (χ3v) is 2.43. The first-order chi connectivity index (χ1) is 8.73. The smallest absolute Gasteiger partial charge is 0.232 e. The number of nitro groups is 3. The molecule has 1 unspecified atom stereocenters. The van der Waals surface area contributed by atoms with Crippen LogP contribution in [0, 0.1) is 42.3 Å². The molecule has 1 rings (SSSR count).